The van der Waals surface area contributed by atoms with Gasteiger partial charge in [0, 0.05) is 6.07 Å². The number of benzene rings is 2. The minimum atomic E-state index is -0.250. The molecule has 0 bridgehead atoms. The van der Waals surface area contributed by atoms with Crippen molar-refractivity contribution in [3.8, 4) is 11.8 Å². The molecule has 1 N–H and O–H groups in total. The number of nitriles is 1. The van der Waals surface area contributed by atoms with Crippen molar-refractivity contribution in [3.63, 3.8) is 0 Å². The normalized spacial score (nSPS) is 11.5. The van der Waals surface area contributed by atoms with Crippen molar-refractivity contribution in [1.29, 1.82) is 5.26 Å². The van der Waals surface area contributed by atoms with Gasteiger partial charge in [-0.3, -0.25) is 0 Å². The molecule has 2 aromatic rings. The molecule has 1 unspecified atom stereocenters. The van der Waals surface area contributed by atoms with Gasteiger partial charge in [0.2, 0.25) is 0 Å². The van der Waals surface area contributed by atoms with Crippen LogP contribution in [0.1, 0.15) is 30.5 Å². The smallest absolute Gasteiger partial charge is 0.143 e. The summed E-state index contributed by atoms with van der Waals surface area (Å²) >= 11 is 0. The first kappa shape index (κ1) is 14.9. The second-order valence-corrected chi connectivity index (χ2v) is 4.69. The summed E-state index contributed by atoms with van der Waals surface area (Å²) in [7, 11) is 1.56. The van der Waals surface area contributed by atoms with Crippen LogP contribution in [0.3, 0.4) is 0 Å². The minimum Gasteiger partial charge on any atom is -0.495 e. The van der Waals surface area contributed by atoms with Crippen molar-refractivity contribution in [2.24, 2.45) is 0 Å². The summed E-state index contributed by atoms with van der Waals surface area (Å²) in [6, 6.07) is 13.8. The summed E-state index contributed by atoms with van der Waals surface area (Å²) in [6.07, 6.45) is 0.798. The minimum absolute atomic E-state index is 0.0254. The molecule has 0 radical (unpaired) electrons. The predicted molar refractivity (Wildman–Crippen MR) is 80.8 cm³/mol. The first-order valence-electron chi connectivity index (χ1n) is 6.78. The van der Waals surface area contributed by atoms with Gasteiger partial charge in [0.25, 0.3) is 0 Å². The lowest BCUT2D eigenvalue weighted by Gasteiger charge is -2.20. The topological polar surface area (TPSA) is 45.0 Å². The van der Waals surface area contributed by atoms with E-state index in [1.54, 1.807) is 31.4 Å². The lowest BCUT2D eigenvalue weighted by Crippen LogP contribution is -2.10. The highest BCUT2D eigenvalue weighted by atomic mass is 19.1. The third kappa shape index (κ3) is 3.51. The zero-order valence-electron chi connectivity index (χ0n) is 12.1. The van der Waals surface area contributed by atoms with Crippen LogP contribution in [-0.4, -0.2) is 7.11 Å². The van der Waals surface area contributed by atoms with Crippen molar-refractivity contribution in [3.05, 3.63) is 59.4 Å². The maximum absolute atomic E-state index is 13.4. The van der Waals surface area contributed by atoms with Gasteiger partial charge >= 0.3 is 0 Å². The summed E-state index contributed by atoms with van der Waals surface area (Å²) in [5.41, 5.74) is 2.20. The Hall–Kier alpha value is -2.54. The molecule has 0 aliphatic heterocycles. The highest BCUT2D eigenvalue weighted by Gasteiger charge is 2.13. The van der Waals surface area contributed by atoms with Gasteiger partial charge in [-0.1, -0.05) is 19.1 Å². The molecule has 0 fully saturated rings. The highest BCUT2D eigenvalue weighted by Crippen LogP contribution is 2.30. The van der Waals surface area contributed by atoms with Gasteiger partial charge < -0.3 is 10.1 Å². The van der Waals surface area contributed by atoms with Crippen LogP contribution in [0.15, 0.2) is 42.5 Å². The number of nitrogens with zero attached hydrogens (tertiary/aromatic N) is 1. The van der Waals surface area contributed by atoms with Crippen molar-refractivity contribution >= 4 is 5.69 Å². The number of hydrogen-bond acceptors (Lipinski definition) is 3. The Balaban J connectivity index is 2.29. The van der Waals surface area contributed by atoms with E-state index in [1.165, 1.54) is 12.1 Å². The third-order valence-electron chi connectivity index (χ3n) is 3.32. The number of hydrogen-bond donors (Lipinski definition) is 1. The van der Waals surface area contributed by atoms with Crippen molar-refractivity contribution in [1.82, 2.24) is 0 Å². The Morgan fingerprint density at radius 3 is 2.71 bits per heavy atom. The fourth-order valence-electron chi connectivity index (χ4n) is 2.21. The number of nitrogens with one attached hydrogen (secondary N) is 1. The van der Waals surface area contributed by atoms with E-state index < -0.39 is 0 Å². The van der Waals surface area contributed by atoms with Crippen LogP contribution in [0.5, 0.6) is 5.75 Å². The van der Waals surface area contributed by atoms with Gasteiger partial charge in [-0.15, -0.1) is 0 Å². The molecule has 21 heavy (non-hydrogen) atoms. The maximum Gasteiger partial charge on any atom is 0.143 e. The van der Waals surface area contributed by atoms with Crippen LogP contribution >= 0.6 is 0 Å². The number of rotatable bonds is 5. The van der Waals surface area contributed by atoms with Crippen LogP contribution < -0.4 is 10.1 Å². The molecular formula is C17H17FN2O. The van der Waals surface area contributed by atoms with E-state index in [9.17, 15) is 4.39 Å². The molecule has 0 aliphatic carbocycles. The van der Waals surface area contributed by atoms with Crippen molar-refractivity contribution in [2.75, 3.05) is 12.4 Å². The summed E-state index contributed by atoms with van der Waals surface area (Å²) in [6.45, 7) is 2.03. The SMILES string of the molecule is CCC(Nc1ccc(C#N)cc1OC)c1cccc(F)c1. The third-order valence-corrected chi connectivity index (χ3v) is 3.32. The highest BCUT2D eigenvalue weighted by molar-refractivity contribution is 5.60. The molecule has 2 aromatic carbocycles. The molecule has 0 saturated carbocycles. The standard InChI is InChI=1S/C17H17FN2O/c1-3-15(13-5-4-6-14(18)10-13)20-16-8-7-12(11-19)9-17(16)21-2/h4-10,15,20H,3H2,1-2H3. The molecular weight excluding hydrogens is 267 g/mol. The Morgan fingerprint density at radius 1 is 1.29 bits per heavy atom. The zero-order chi connectivity index (χ0) is 15.2. The first-order valence-corrected chi connectivity index (χ1v) is 6.78. The zero-order valence-corrected chi connectivity index (χ0v) is 12.1. The van der Waals surface area contributed by atoms with Gasteiger partial charge in [-0.25, -0.2) is 4.39 Å². The Labute approximate surface area is 124 Å². The summed E-state index contributed by atoms with van der Waals surface area (Å²) in [4.78, 5) is 0. The molecule has 0 aromatic heterocycles. The van der Waals surface area contributed by atoms with E-state index in [1.807, 2.05) is 13.0 Å². The van der Waals surface area contributed by atoms with Crippen LogP contribution in [-0.2, 0) is 0 Å². The number of ether oxygens (including phenoxy) is 1. The quantitative estimate of drug-likeness (QED) is 0.891. The van der Waals surface area contributed by atoms with Crippen LogP contribution in [0, 0.1) is 17.1 Å². The lowest BCUT2D eigenvalue weighted by atomic mass is 10.0. The van der Waals surface area contributed by atoms with Gasteiger partial charge in [0.15, 0.2) is 0 Å². The monoisotopic (exact) mass is 284 g/mol. The Morgan fingerprint density at radius 2 is 2.10 bits per heavy atom. The molecule has 108 valence electrons. The molecule has 0 heterocycles. The van der Waals surface area contributed by atoms with Gasteiger partial charge in [0.05, 0.1) is 30.5 Å². The number of methoxy groups -OCH3 is 1. The second kappa shape index (κ2) is 6.76. The molecule has 3 nitrogen and oxygen atoms in total. The van der Waals surface area contributed by atoms with E-state index in [2.05, 4.69) is 11.4 Å². The molecule has 4 heteroatoms. The number of anilines is 1. The Kier molecular flexibility index (Phi) is 4.78. The molecule has 0 spiro atoms. The average Bonchev–Trinajstić information content (AvgIpc) is 2.52. The summed E-state index contributed by atoms with van der Waals surface area (Å²) < 4.78 is 18.7. The maximum atomic E-state index is 13.4. The van der Waals surface area contributed by atoms with Crippen LogP contribution in [0.2, 0.25) is 0 Å². The molecule has 0 saturated heterocycles. The van der Waals surface area contributed by atoms with Gasteiger partial charge in [-0.05, 0) is 36.2 Å². The molecule has 2 rings (SSSR count). The summed E-state index contributed by atoms with van der Waals surface area (Å²) in [5, 5.41) is 12.3. The summed E-state index contributed by atoms with van der Waals surface area (Å²) in [5.74, 6) is 0.350. The second-order valence-electron chi connectivity index (χ2n) is 4.69. The first-order chi connectivity index (χ1) is 10.2. The lowest BCUT2D eigenvalue weighted by molar-refractivity contribution is 0.415. The van der Waals surface area contributed by atoms with Crippen molar-refractivity contribution in [2.45, 2.75) is 19.4 Å². The number of halogens is 1. The van der Waals surface area contributed by atoms with Gasteiger partial charge in [0.1, 0.15) is 11.6 Å². The van der Waals surface area contributed by atoms with Crippen LogP contribution in [0.25, 0.3) is 0 Å². The van der Waals surface area contributed by atoms with Gasteiger partial charge in [-0.2, -0.15) is 5.26 Å². The average molecular weight is 284 g/mol. The molecule has 0 amide bonds. The largest absolute Gasteiger partial charge is 0.495 e. The van der Waals surface area contributed by atoms with Crippen LogP contribution in [0.4, 0.5) is 10.1 Å². The van der Waals surface area contributed by atoms with E-state index in [-0.39, 0.29) is 11.9 Å². The van der Waals surface area contributed by atoms with E-state index >= 15 is 0 Å². The fraction of sp³-hybridized carbons (Fsp3) is 0.235. The van der Waals surface area contributed by atoms with Crippen molar-refractivity contribution < 1.29 is 9.13 Å². The Bertz CT molecular complexity index is 664. The fourth-order valence-corrected chi connectivity index (χ4v) is 2.21. The van der Waals surface area contributed by atoms with E-state index in [4.69, 9.17) is 10.00 Å². The van der Waals surface area contributed by atoms with E-state index in [0.29, 0.717) is 11.3 Å². The van der Waals surface area contributed by atoms with E-state index in [0.717, 1.165) is 17.7 Å². The molecule has 1 atom stereocenters. The predicted octanol–water partition coefficient (Wildman–Crippen LogP) is 4.27. The molecule has 0 aliphatic rings.